The second-order valence-electron chi connectivity index (χ2n) is 4.60. The topological polar surface area (TPSA) is 30.3 Å². The van der Waals surface area contributed by atoms with Gasteiger partial charge in [-0.15, -0.1) is 0 Å². The van der Waals surface area contributed by atoms with E-state index in [9.17, 15) is 0 Å². The molecule has 1 aromatic carbocycles. The third kappa shape index (κ3) is 3.66. The molecule has 0 aromatic heterocycles. The molecule has 1 atom stereocenters. The number of nitriles is 1. The summed E-state index contributed by atoms with van der Waals surface area (Å²) in [6, 6.07) is 10.8. The van der Waals surface area contributed by atoms with Crippen molar-refractivity contribution in [3.05, 3.63) is 24.3 Å². The zero-order valence-electron chi connectivity index (χ0n) is 11.8. The van der Waals surface area contributed by atoms with Crippen LogP contribution in [-0.2, 0) is 0 Å². The molecule has 98 valence electrons. The van der Waals surface area contributed by atoms with Gasteiger partial charge in [0.15, 0.2) is 0 Å². The number of anilines is 2. The maximum absolute atomic E-state index is 8.83. The van der Waals surface area contributed by atoms with Gasteiger partial charge in [-0.05, 0) is 45.0 Å². The summed E-state index contributed by atoms with van der Waals surface area (Å²) in [5.74, 6) is 0.0532. The Balaban J connectivity index is 2.73. The van der Waals surface area contributed by atoms with E-state index in [4.69, 9.17) is 5.26 Å². The van der Waals surface area contributed by atoms with E-state index in [1.54, 1.807) is 0 Å². The Bertz CT molecular complexity index is 387. The molecule has 0 N–H and O–H groups in total. The van der Waals surface area contributed by atoms with E-state index in [0.717, 1.165) is 25.3 Å². The number of nitrogens with zero attached hydrogens (tertiary/aromatic N) is 3. The molecule has 0 bridgehead atoms. The van der Waals surface area contributed by atoms with Crippen LogP contribution in [0.15, 0.2) is 24.3 Å². The molecular formula is C15H23N3. The van der Waals surface area contributed by atoms with Crippen molar-refractivity contribution in [3.8, 4) is 6.07 Å². The molecule has 0 aliphatic carbocycles. The van der Waals surface area contributed by atoms with E-state index >= 15 is 0 Å². The third-order valence-electron chi connectivity index (χ3n) is 3.19. The van der Waals surface area contributed by atoms with Gasteiger partial charge < -0.3 is 9.80 Å². The van der Waals surface area contributed by atoms with Crippen LogP contribution in [0.1, 0.15) is 20.8 Å². The summed E-state index contributed by atoms with van der Waals surface area (Å²) in [4.78, 5) is 4.45. The summed E-state index contributed by atoms with van der Waals surface area (Å²) in [6.07, 6.45) is 0. The minimum absolute atomic E-state index is 0.0532. The van der Waals surface area contributed by atoms with Crippen molar-refractivity contribution in [2.45, 2.75) is 20.8 Å². The minimum Gasteiger partial charge on any atom is -0.373 e. The largest absolute Gasteiger partial charge is 0.373 e. The first-order valence-electron chi connectivity index (χ1n) is 6.58. The average Bonchev–Trinajstić information content (AvgIpc) is 2.40. The summed E-state index contributed by atoms with van der Waals surface area (Å²) < 4.78 is 0. The van der Waals surface area contributed by atoms with Crippen molar-refractivity contribution >= 4 is 11.4 Å². The second kappa shape index (κ2) is 6.90. The van der Waals surface area contributed by atoms with Crippen LogP contribution in [0.2, 0.25) is 0 Å². The van der Waals surface area contributed by atoms with Gasteiger partial charge >= 0.3 is 0 Å². The molecule has 3 heteroatoms. The molecule has 0 saturated heterocycles. The first kappa shape index (κ1) is 14.4. The lowest BCUT2D eigenvalue weighted by atomic mass is 10.2. The van der Waals surface area contributed by atoms with E-state index in [0.29, 0.717) is 0 Å². The van der Waals surface area contributed by atoms with E-state index in [1.807, 2.05) is 14.0 Å². The SMILES string of the molecule is CCN(CC)c1ccc(N(C)CC(C)C#N)cc1. The van der Waals surface area contributed by atoms with Gasteiger partial charge in [-0.25, -0.2) is 0 Å². The minimum atomic E-state index is 0.0532. The average molecular weight is 245 g/mol. The lowest BCUT2D eigenvalue weighted by molar-refractivity contribution is 0.716. The number of hydrogen-bond donors (Lipinski definition) is 0. The molecule has 1 unspecified atom stereocenters. The van der Waals surface area contributed by atoms with Crippen LogP contribution in [0.25, 0.3) is 0 Å². The Morgan fingerprint density at radius 3 is 2.06 bits per heavy atom. The fourth-order valence-corrected chi connectivity index (χ4v) is 2.06. The van der Waals surface area contributed by atoms with Crippen LogP contribution in [0, 0.1) is 17.2 Å². The van der Waals surface area contributed by atoms with Gasteiger partial charge in [0.05, 0.1) is 12.0 Å². The molecule has 0 amide bonds. The summed E-state index contributed by atoms with van der Waals surface area (Å²) in [5, 5.41) is 8.83. The summed E-state index contributed by atoms with van der Waals surface area (Å²) >= 11 is 0. The Morgan fingerprint density at radius 1 is 1.11 bits per heavy atom. The fraction of sp³-hybridized carbons (Fsp3) is 0.533. The van der Waals surface area contributed by atoms with E-state index in [2.05, 4.69) is 54.0 Å². The Morgan fingerprint density at radius 2 is 1.61 bits per heavy atom. The first-order valence-corrected chi connectivity index (χ1v) is 6.58. The standard InChI is InChI=1S/C15H23N3/c1-5-18(6-2)15-9-7-14(8-10-15)17(4)12-13(3)11-16/h7-10,13H,5-6,12H2,1-4H3. The molecular weight excluding hydrogens is 222 g/mol. The van der Waals surface area contributed by atoms with Crippen molar-refractivity contribution in [3.63, 3.8) is 0 Å². The molecule has 0 fully saturated rings. The van der Waals surface area contributed by atoms with Crippen molar-refractivity contribution in [2.24, 2.45) is 5.92 Å². The van der Waals surface area contributed by atoms with Crippen molar-refractivity contribution in [1.29, 1.82) is 5.26 Å². The fourth-order valence-electron chi connectivity index (χ4n) is 2.06. The quantitative estimate of drug-likeness (QED) is 0.771. The van der Waals surface area contributed by atoms with E-state index < -0.39 is 0 Å². The van der Waals surface area contributed by atoms with Crippen LogP contribution >= 0.6 is 0 Å². The molecule has 1 rings (SSSR count). The summed E-state index contributed by atoms with van der Waals surface area (Å²) in [5.41, 5.74) is 2.42. The molecule has 0 saturated carbocycles. The van der Waals surface area contributed by atoms with E-state index in [1.165, 1.54) is 5.69 Å². The van der Waals surface area contributed by atoms with Crippen LogP contribution in [-0.4, -0.2) is 26.7 Å². The van der Waals surface area contributed by atoms with E-state index in [-0.39, 0.29) is 5.92 Å². The number of benzene rings is 1. The zero-order valence-corrected chi connectivity index (χ0v) is 11.8. The van der Waals surface area contributed by atoms with Gasteiger partial charge in [0.25, 0.3) is 0 Å². The highest BCUT2D eigenvalue weighted by Gasteiger charge is 2.07. The van der Waals surface area contributed by atoms with Crippen LogP contribution < -0.4 is 9.80 Å². The number of hydrogen-bond acceptors (Lipinski definition) is 3. The van der Waals surface area contributed by atoms with Crippen LogP contribution in [0.5, 0.6) is 0 Å². The molecule has 0 spiro atoms. The highest BCUT2D eigenvalue weighted by atomic mass is 15.1. The first-order chi connectivity index (χ1) is 8.62. The Hall–Kier alpha value is -1.69. The second-order valence-corrected chi connectivity index (χ2v) is 4.60. The van der Waals surface area contributed by atoms with Crippen molar-refractivity contribution < 1.29 is 0 Å². The molecule has 3 nitrogen and oxygen atoms in total. The highest BCUT2D eigenvalue weighted by Crippen LogP contribution is 2.20. The maximum Gasteiger partial charge on any atom is 0.0671 e. The molecule has 0 aliphatic heterocycles. The van der Waals surface area contributed by atoms with Gasteiger partial charge in [-0.2, -0.15) is 5.26 Å². The van der Waals surface area contributed by atoms with Gasteiger partial charge in [0.2, 0.25) is 0 Å². The van der Waals surface area contributed by atoms with Gasteiger partial charge in [-0.1, -0.05) is 0 Å². The summed E-state index contributed by atoms with van der Waals surface area (Å²) in [6.45, 7) is 9.09. The smallest absolute Gasteiger partial charge is 0.0671 e. The normalized spacial score (nSPS) is 11.7. The molecule has 0 heterocycles. The highest BCUT2D eigenvalue weighted by molar-refractivity contribution is 5.56. The van der Waals surface area contributed by atoms with Crippen molar-refractivity contribution in [2.75, 3.05) is 36.5 Å². The van der Waals surface area contributed by atoms with Gasteiger partial charge in [0, 0.05) is 38.1 Å². The molecule has 1 aromatic rings. The predicted molar refractivity (Wildman–Crippen MR) is 78.1 cm³/mol. The lowest BCUT2D eigenvalue weighted by Crippen LogP contribution is -2.24. The van der Waals surface area contributed by atoms with Crippen LogP contribution in [0.3, 0.4) is 0 Å². The summed E-state index contributed by atoms with van der Waals surface area (Å²) in [7, 11) is 2.03. The predicted octanol–water partition coefficient (Wildman–Crippen LogP) is 3.13. The monoisotopic (exact) mass is 245 g/mol. The third-order valence-corrected chi connectivity index (χ3v) is 3.19. The maximum atomic E-state index is 8.83. The van der Waals surface area contributed by atoms with Crippen molar-refractivity contribution in [1.82, 2.24) is 0 Å². The molecule has 0 aliphatic rings. The zero-order chi connectivity index (χ0) is 13.5. The molecule has 0 radical (unpaired) electrons. The Labute approximate surface area is 111 Å². The lowest BCUT2D eigenvalue weighted by Gasteiger charge is -2.24. The number of rotatable bonds is 6. The Kier molecular flexibility index (Phi) is 5.51. The molecule has 18 heavy (non-hydrogen) atoms. The van der Waals surface area contributed by atoms with Gasteiger partial charge in [-0.3, -0.25) is 0 Å². The van der Waals surface area contributed by atoms with Crippen LogP contribution in [0.4, 0.5) is 11.4 Å². The van der Waals surface area contributed by atoms with Gasteiger partial charge in [0.1, 0.15) is 0 Å².